The number of nitrogens with one attached hydrogen (secondary N) is 1. The van der Waals surface area contributed by atoms with E-state index in [9.17, 15) is 0 Å². The minimum atomic E-state index is 0.469. The number of rotatable bonds is 3. The molecule has 3 heteroatoms. The van der Waals surface area contributed by atoms with E-state index in [0.29, 0.717) is 6.10 Å². The molecule has 2 aliphatic heterocycles. The SMILES string of the molecule is CCOC1CCN(c2ccc3c(c2)NCCC3)CC1. The molecule has 1 N–H and O–H groups in total. The lowest BCUT2D eigenvalue weighted by molar-refractivity contribution is 0.0459. The third-order valence-electron chi connectivity index (χ3n) is 4.24. The van der Waals surface area contributed by atoms with Crippen LogP contribution in [0.3, 0.4) is 0 Å². The van der Waals surface area contributed by atoms with Crippen LogP contribution in [0.4, 0.5) is 11.4 Å². The molecule has 0 amide bonds. The molecule has 0 saturated carbocycles. The summed E-state index contributed by atoms with van der Waals surface area (Å²) in [5.74, 6) is 0. The number of benzene rings is 1. The molecule has 1 aromatic rings. The van der Waals surface area contributed by atoms with Crippen molar-refractivity contribution in [3.63, 3.8) is 0 Å². The van der Waals surface area contributed by atoms with E-state index in [1.54, 1.807) is 0 Å². The van der Waals surface area contributed by atoms with E-state index >= 15 is 0 Å². The number of piperidine rings is 1. The minimum Gasteiger partial charge on any atom is -0.385 e. The van der Waals surface area contributed by atoms with Gasteiger partial charge in [0.2, 0.25) is 0 Å². The van der Waals surface area contributed by atoms with Gasteiger partial charge in [0.05, 0.1) is 6.10 Å². The summed E-state index contributed by atoms with van der Waals surface area (Å²) in [6.45, 7) is 6.27. The predicted molar refractivity (Wildman–Crippen MR) is 80.1 cm³/mol. The van der Waals surface area contributed by atoms with E-state index in [0.717, 1.165) is 39.1 Å². The zero-order valence-electron chi connectivity index (χ0n) is 11.8. The first-order valence-corrected chi connectivity index (χ1v) is 7.60. The summed E-state index contributed by atoms with van der Waals surface area (Å²) in [5, 5.41) is 3.52. The Bertz CT molecular complexity index is 425. The van der Waals surface area contributed by atoms with Crippen LogP contribution in [0.25, 0.3) is 0 Å². The van der Waals surface area contributed by atoms with Crippen molar-refractivity contribution in [2.45, 2.75) is 38.7 Å². The zero-order valence-corrected chi connectivity index (χ0v) is 11.8. The summed E-state index contributed by atoms with van der Waals surface area (Å²) in [6.07, 6.45) is 5.25. The van der Waals surface area contributed by atoms with Crippen LogP contribution in [0.5, 0.6) is 0 Å². The molecule has 0 aromatic heterocycles. The number of fused-ring (bicyclic) bond motifs is 1. The highest BCUT2D eigenvalue weighted by Crippen LogP contribution is 2.29. The standard InChI is InChI=1S/C16H24N2O/c1-2-19-15-7-10-18(11-8-15)14-6-5-13-4-3-9-17-16(13)12-14/h5-6,12,15,17H,2-4,7-11H2,1H3. The third kappa shape index (κ3) is 2.86. The highest BCUT2D eigenvalue weighted by atomic mass is 16.5. The van der Waals surface area contributed by atoms with E-state index in [-0.39, 0.29) is 0 Å². The normalized spacial score (nSPS) is 19.9. The lowest BCUT2D eigenvalue weighted by Gasteiger charge is -2.34. The van der Waals surface area contributed by atoms with Crippen LogP contribution in [0, 0.1) is 0 Å². The molecule has 3 nitrogen and oxygen atoms in total. The molecular formula is C16H24N2O. The Balaban J connectivity index is 1.66. The lowest BCUT2D eigenvalue weighted by atomic mass is 10.0. The number of anilines is 2. The summed E-state index contributed by atoms with van der Waals surface area (Å²) in [7, 11) is 0. The second kappa shape index (κ2) is 5.83. The Morgan fingerprint density at radius 2 is 2.16 bits per heavy atom. The average Bonchev–Trinajstić information content (AvgIpc) is 2.48. The van der Waals surface area contributed by atoms with E-state index in [2.05, 4.69) is 35.3 Å². The van der Waals surface area contributed by atoms with Crippen molar-refractivity contribution in [1.29, 1.82) is 0 Å². The minimum absolute atomic E-state index is 0.469. The van der Waals surface area contributed by atoms with Crippen molar-refractivity contribution in [2.24, 2.45) is 0 Å². The molecule has 104 valence electrons. The maximum atomic E-state index is 5.72. The lowest BCUT2D eigenvalue weighted by Crippen LogP contribution is -2.37. The van der Waals surface area contributed by atoms with Gasteiger partial charge in [0, 0.05) is 37.6 Å². The van der Waals surface area contributed by atoms with Crippen LogP contribution in [0.15, 0.2) is 18.2 Å². The van der Waals surface area contributed by atoms with Gasteiger partial charge in [0.25, 0.3) is 0 Å². The van der Waals surface area contributed by atoms with Gasteiger partial charge in [-0.05, 0) is 50.3 Å². The van der Waals surface area contributed by atoms with Crippen molar-refractivity contribution in [3.8, 4) is 0 Å². The van der Waals surface area contributed by atoms with Gasteiger partial charge < -0.3 is 15.0 Å². The molecule has 1 aromatic carbocycles. The van der Waals surface area contributed by atoms with Gasteiger partial charge in [-0.3, -0.25) is 0 Å². The number of aryl methyl sites for hydroxylation is 1. The summed E-state index contributed by atoms with van der Waals surface area (Å²) in [5.41, 5.74) is 4.18. The molecule has 1 saturated heterocycles. The Hall–Kier alpha value is -1.22. The topological polar surface area (TPSA) is 24.5 Å². The van der Waals surface area contributed by atoms with Crippen LogP contribution in [-0.4, -0.2) is 32.3 Å². The first-order chi connectivity index (χ1) is 9.36. The van der Waals surface area contributed by atoms with Crippen molar-refractivity contribution in [1.82, 2.24) is 0 Å². The fourth-order valence-electron chi connectivity index (χ4n) is 3.16. The number of hydrogen-bond acceptors (Lipinski definition) is 3. The van der Waals surface area contributed by atoms with E-state index in [1.165, 1.54) is 29.8 Å². The van der Waals surface area contributed by atoms with Crippen molar-refractivity contribution in [3.05, 3.63) is 23.8 Å². The van der Waals surface area contributed by atoms with E-state index in [4.69, 9.17) is 4.74 Å². The van der Waals surface area contributed by atoms with Crippen LogP contribution in [0.1, 0.15) is 31.7 Å². The summed E-state index contributed by atoms with van der Waals surface area (Å²) in [4.78, 5) is 2.49. The smallest absolute Gasteiger partial charge is 0.0608 e. The van der Waals surface area contributed by atoms with Gasteiger partial charge in [-0.1, -0.05) is 6.07 Å². The monoisotopic (exact) mass is 260 g/mol. The number of ether oxygens (including phenoxy) is 1. The summed E-state index contributed by atoms with van der Waals surface area (Å²) < 4.78 is 5.72. The molecule has 0 radical (unpaired) electrons. The highest BCUT2D eigenvalue weighted by Gasteiger charge is 2.20. The molecule has 0 atom stereocenters. The molecule has 0 bridgehead atoms. The summed E-state index contributed by atoms with van der Waals surface area (Å²) in [6, 6.07) is 6.91. The number of hydrogen-bond donors (Lipinski definition) is 1. The van der Waals surface area contributed by atoms with Gasteiger partial charge in [-0.15, -0.1) is 0 Å². The average molecular weight is 260 g/mol. The molecule has 19 heavy (non-hydrogen) atoms. The molecule has 2 aliphatic rings. The van der Waals surface area contributed by atoms with Gasteiger partial charge in [0.15, 0.2) is 0 Å². The molecular weight excluding hydrogens is 236 g/mol. The molecule has 1 fully saturated rings. The molecule has 0 spiro atoms. The number of nitrogens with zero attached hydrogens (tertiary/aromatic N) is 1. The maximum Gasteiger partial charge on any atom is 0.0608 e. The van der Waals surface area contributed by atoms with Crippen LogP contribution in [0.2, 0.25) is 0 Å². The molecule has 0 unspecified atom stereocenters. The van der Waals surface area contributed by atoms with Gasteiger partial charge >= 0.3 is 0 Å². The molecule has 3 rings (SSSR count). The fourth-order valence-corrected chi connectivity index (χ4v) is 3.16. The van der Waals surface area contributed by atoms with Crippen LogP contribution < -0.4 is 10.2 Å². The summed E-state index contributed by atoms with van der Waals surface area (Å²) >= 11 is 0. The Morgan fingerprint density at radius 1 is 1.32 bits per heavy atom. The van der Waals surface area contributed by atoms with Gasteiger partial charge in [-0.2, -0.15) is 0 Å². The van der Waals surface area contributed by atoms with Gasteiger partial charge in [-0.25, -0.2) is 0 Å². The Labute approximate surface area is 115 Å². The van der Waals surface area contributed by atoms with E-state index < -0.39 is 0 Å². The van der Waals surface area contributed by atoms with Crippen molar-refractivity contribution >= 4 is 11.4 Å². The van der Waals surface area contributed by atoms with E-state index in [1.807, 2.05) is 0 Å². The first kappa shape index (κ1) is 12.8. The predicted octanol–water partition coefficient (Wildman–Crippen LogP) is 3.05. The highest BCUT2D eigenvalue weighted by molar-refractivity contribution is 5.63. The first-order valence-electron chi connectivity index (χ1n) is 7.60. The maximum absolute atomic E-state index is 5.72. The Morgan fingerprint density at radius 3 is 2.95 bits per heavy atom. The largest absolute Gasteiger partial charge is 0.385 e. The Kier molecular flexibility index (Phi) is 3.92. The van der Waals surface area contributed by atoms with Crippen LogP contribution >= 0.6 is 0 Å². The van der Waals surface area contributed by atoms with Crippen molar-refractivity contribution < 1.29 is 4.74 Å². The molecule has 0 aliphatic carbocycles. The van der Waals surface area contributed by atoms with Gasteiger partial charge in [0.1, 0.15) is 0 Å². The molecule has 2 heterocycles. The quantitative estimate of drug-likeness (QED) is 0.904. The fraction of sp³-hybridized carbons (Fsp3) is 0.625. The van der Waals surface area contributed by atoms with Crippen molar-refractivity contribution in [2.75, 3.05) is 36.5 Å². The second-order valence-corrected chi connectivity index (χ2v) is 5.51. The second-order valence-electron chi connectivity index (χ2n) is 5.51. The van der Waals surface area contributed by atoms with Crippen LogP contribution in [-0.2, 0) is 11.2 Å². The zero-order chi connectivity index (χ0) is 13.1. The third-order valence-corrected chi connectivity index (χ3v) is 4.24.